The van der Waals surface area contributed by atoms with Gasteiger partial charge in [0.2, 0.25) is 0 Å². The molecule has 122 valence electrons. The van der Waals surface area contributed by atoms with Crippen molar-refractivity contribution in [2.45, 2.75) is 11.4 Å². The van der Waals surface area contributed by atoms with E-state index in [4.69, 9.17) is 4.74 Å². The lowest BCUT2D eigenvalue weighted by Gasteiger charge is -2.25. The van der Waals surface area contributed by atoms with E-state index in [1.54, 1.807) is 23.8 Å². The molecular formula is C16H24N2O3S. The average molecular weight is 324 g/mol. The van der Waals surface area contributed by atoms with E-state index in [0.717, 1.165) is 23.6 Å². The maximum Gasteiger partial charge on any atom is 0.252 e. The fourth-order valence-electron chi connectivity index (χ4n) is 2.42. The monoisotopic (exact) mass is 324 g/mol. The highest BCUT2D eigenvalue weighted by molar-refractivity contribution is 7.99. The summed E-state index contributed by atoms with van der Waals surface area (Å²) in [6.45, 7) is 2.14. The van der Waals surface area contributed by atoms with Gasteiger partial charge in [-0.25, -0.2) is 0 Å². The van der Waals surface area contributed by atoms with Gasteiger partial charge in [0, 0.05) is 25.4 Å². The molecule has 0 aliphatic carbocycles. The first-order chi connectivity index (χ1) is 10.5. The first kappa shape index (κ1) is 17.1. The predicted octanol–water partition coefficient (Wildman–Crippen LogP) is 1.23. The van der Waals surface area contributed by atoms with E-state index in [2.05, 4.69) is 0 Å². The van der Waals surface area contributed by atoms with Gasteiger partial charge < -0.3 is 19.6 Å². The van der Waals surface area contributed by atoms with Gasteiger partial charge in [-0.2, -0.15) is 0 Å². The molecule has 0 bridgehead atoms. The molecule has 0 saturated carbocycles. The van der Waals surface area contributed by atoms with Gasteiger partial charge in [-0.15, -0.1) is 11.8 Å². The fraction of sp³-hybridized carbons (Fsp3) is 0.562. The van der Waals surface area contributed by atoms with Crippen molar-refractivity contribution in [1.82, 2.24) is 9.80 Å². The minimum atomic E-state index is -0.997. The summed E-state index contributed by atoms with van der Waals surface area (Å²) in [5.74, 6) is 1.43. The van der Waals surface area contributed by atoms with Gasteiger partial charge in [0.25, 0.3) is 5.91 Å². The first-order valence-electron chi connectivity index (χ1n) is 7.40. The number of benzene rings is 1. The summed E-state index contributed by atoms with van der Waals surface area (Å²) in [5.41, 5.74) is 0.959. The van der Waals surface area contributed by atoms with E-state index < -0.39 is 6.10 Å². The summed E-state index contributed by atoms with van der Waals surface area (Å²) >= 11 is 1.63. The number of hydrogen-bond acceptors (Lipinski definition) is 5. The van der Waals surface area contributed by atoms with Crippen LogP contribution in [0, 0.1) is 0 Å². The Bertz CT molecular complexity index is 493. The second-order valence-electron chi connectivity index (χ2n) is 5.64. The van der Waals surface area contributed by atoms with Gasteiger partial charge in [-0.05, 0) is 31.8 Å². The van der Waals surface area contributed by atoms with Gasteiger partial charge in [0.05, 0.1) is 12.4 Å². The number of methoxy groups -OCH3 is 1. The van der Waals surface area contributed by atoms with Crippen molar-refractivity contribution in [3.8, 4) is 5.75 Å². The standard InChI is InChI=1S/C16H24N2O3S/c1-17(2)8-9-18-10-11-22-15(14(19)16(18)20)12-4-6-13(21-3)7-5-12/h4-7,14-15,19H,8-11H2,1-3H3/t14?,15-/m1/s1. The Morgan fingerprint density at radius 3 is 2.64 bits per heavy atom. The summed E-state index contributed by atoms with van der Waals surface area (Å²) < 4.78 is 5.15. The van der Waals surface area contributed by atoms with Gasteiger partial charge in [-0.3, -0.25) is 4.79 Å². The molecule has 1 unspecified atom stereocenters. The number of hydrogen-bond donors (Lipinski definition) is 1. The molecule has 1 fully saturated rings. The fourth-order valence-corrected chi connectivity index (χ4v) is 3.65. The number of thioether (sulfide) groups is 1. The number of carbonyl (C=O) groups excluding carboxylic acids is 1. The van der Waals surface area contributed by atoms with Crippen molar-refractivity contribution in [3.63, 3.8) is 0 Å². The number of nitrogens with zero attached hydrogens (tertiary/aromatic N) is 2. The van der Waals surface area contributed by atoms with Crippen molar-refractivity contribution in [2.24, 2.45) is 0 Å². The summed E-state index contributed by atoms with van der Waals surface area (Å²) in [7, 11) is 5.58. The number of aliphatic hydroxyl groups is 1. The van der Waals surface area contributed by atoms with E-state index in [1.807, 2.05) is 43.3 Å². The largest absolute Gasteiger partial charge is 0.497 e. The van der Waals surface area contributed by atoms with E-state index in [-0.39, 0.29) is 11.2 Å². The molecule has 1 saturated heterocycles. The van der Waals surface area contributed by atoms with Crippen LogP contribution in [0.2, 0.25) is 0 Å². The third-order valence-electron chi connectivity index (χ3n) is 3.77. The highest BCUT2D eigenvalue weighted by Gasteiger charge is 2.34. The van der Waals surface area contributed by atoms with Gasteiger partial charge in [0.15, 0.2) is 0 Å². The maximum atomic E-state index is 12.5. The van der Waals surface area contributed by atoms with E-state index >= 15 is 0 Å². The van der Waals surface area contributed by atoms with Crippen molar-refractivity contribution >= 4 is 17.7 Å². The second-order valence-corrected chi connectivity index (χ2v) is 6.89. The summed E-state index contributed by atoms with van der Waals surface area (Å²) in [4.78, 5) is 16.3. The van der Waals surface area contributed by atoms with Crippen LogP contribution in [0.25, 0.3) is 0 Å². The zero-order chi connectivity index (χ0) is 16.1. The molecule has 1 amide bonds. The topological polar surface area (TPSA) is 53.0 Å². The highest BCUT2D eigenvalue weighted by atomic mass is 32.2. The predicted molar refractivity (Wildman–Crippen MR) is 89.3 cm³/mol. The maximum absolute atomic E-state index is 12.5. The molecule has 22 heavy (non-hydrogen) atoms. The SMILES string of the molecule is COc1ccc([C@H]2SCCN(CCN(C)C)C(=O)C2O)cc1. The molecule has 2 atom stereocenters. The van der Waals surface area contributed by atoms with E-state index in [0.29, 0.717) is 13.1 Å². The molecule has 5 nitrogen and oxygen atoms in total. The molecule has 1 aromatic rings. The zero-order valence-corrected chi connectivity index (χ0v) is 14.2. The minimum Gasteiger partial charge on any atom is -0.497 e. The Hall–Kier alpha value is -1.24. The van der Waals surface area contributed by atoms with Crippen molar-refractivity contribution < 1.29 is 14.6 Å². The number of likely N-dealkylation sites (N-methyl/N-ethyl adjacent to an activating group) is 1. The normalized spacial score (nSPS) is 22.8. The molecule has 1 heterocycles. The van der Waals surface area contributed by atoms with Crippen LogP contribution in [0.3, 0.4) is 0 Å². The number of aliphatic hydroxyl groups excluding tert-OH is 1. The molecule has 1 aromatic carbocycles. The third kappa shape index (κ3) is 4.15. The van der Waals surface area contributed by atoms with Crippen LogP contribution < -0.4 is 4.74 Å². The number of rotatable bonds is 5. The minimum absolute atomic E-state index is 0.173. The van der Waals surface area contributed by atoms with E-state index in [1.165, 1.54) is 0 Å². The van der Waals surface area contributed by atoms with Crippen LogP contribution in [-0.2, 0) is 4.79 Å². The van der Waals surface area contributed by atoms with Crippen molar-refractivity contribution in [3.05, 3.63) is 29.8 Å². The third-order valence-corrected chi connectivity index (χ3v) is 5.08. The molecule has 6 heteroatoms. The lowest BCUT2D eigenvalue weighted by atomic mass is 10.1. The smallest absolute Gasteiger partial charge is 0.252 e. The van der Waals surface area contributed by atoms with Crippen LogP contribution in [0.5, 0.6) is 5.75 Å². The number of ether oxygens (including phenoxy) is 1. The van der Waals surface area contributed by atoms with Gasteiger partial charge >= 0.3 is 0 Å². The Morgan fingerprint density at radius 2 is 2.05 bits per heavy atom. The molecule has 1 aliphatic rings. The Labute approximate surface area is 136 Å². The van der Waals surface area contributed by atoms with E-state index in [9.17, 15) is 9.90 Å². The highest BCUT2D eigenvalue weighted by Crippen LogP contribution is 2.35. The van der Waals surface area contributed by atoms with Crippen LogP contribution in [0.4, 0.5) is 0 Å². The molecule has 0 aromatic heterocycles. The average Bonchev–Trinajstić information content (AvgIpc) is 2.66. The van der Waals surface area contributed by atoms with Crippen LogP contribution in [0.1, 0.15) is 10.8 Å². The zero-order valence-electron chi connectivity index (χ0n) is 13.4. The molecule has 1 aliphatic heterocycles. The molecule has 1 N–H and O–H groups in total. The Kier molecular flexibility index (Phi) is 6.11. The summed E-state index contributed by atoms with van der Waals surface area (Å²) in [6, 6.07) is 7.56. The van der Waals surface area contributed by atoms with Crippen LogP contribution >= 0.6 is 11.8 Å². The molecule has 0 radical (unpaired) electrons. The molecule has 2 rings (SSSR count). The van der Waals surface area contributed by atoms with Crippen molar-refractivity contribution in [1.29, 1.82) is 0 Å². The number of carbonyl (C=O) groups is 1. The van der Waals surface area contributed by atoms with Crippen molar-refractivity contribution in [2.75, 3.05) is 46.6 Å². The van der Waals surface area contributed by atoms with Crippen LogP contribution in [0.15, 0.2) is 24.3 Å². The van der Waals surface area contributed by atoms with Gasteiger partial charge in [-0.1, -0.05) is 12.1 Å². The number of amides is 1. The molecule has 0 spiro atoms. The lowest BCUT2D eigenvalue weighted by molar-refractivity contribution is -0.139. The quantitative estimate of drug-likeness (QED) is 0.883. The molecular weight excluding hydrogens is 300 g/mol. The Morgan fingerprint density at radius 1 is 1.36 bits per heavy atom. The van der Waals surface area contributed by atoms with Crippen LogP contribution in [-0.4, -0.2) is 73.5 Å². The summed E-state index contributed by atoms with van der Waals surface area (Å²) in [6.07, 6.45) is -0.997. The Balaban J connectivity index is 2.09. The second kappa shape index (κ2) is 7.85. The van der Waals surface area contributed by atoms with Gasteiger partial charge in [0.1, 0.15) is 11.9 Å². The first-order valence-corrected chi connectivity index (χ1v) is 8.45. The lowest BCUT2D eigenvalue weighted by Crippen LogP contribution is -2.43. The summed E-state index contributed by atoms with van der Waals surface area (Å²) in [5, 5.41) is 10.3.